The third-order valence-electron chi connectivity index (χ3n) is 7.17. The van der Waals surface area contributed by atoms with Gasteiger partial charge in [-0.05, 0) is 67.1 Å². The number of hydrogen-bond donors (Lipinski definition) is 1. The Labute approximate surface area is 145 Å². The summed E-state index contributed by atoms with van der Waals surface area (Å²) in [5, 5.41) is 11.5. The lowest BCUT2D eigenvalue weighted by molar-refractivity contribution is 0.0504. The molecule has 2 aromatic rings. The molecule has 130 valence electrons. The molecule has 3 atom stereocenters. The second kappa shape index (κ2) is 5.03. The number of furan rings is 1. The molecule has 1 fully saturated rings. The Kier molecular flexibility index (Phi) is 3.37. The zero-order valence-electron chi connectivity index (χ0n) is 15.7. The van der Waals surface area contributed by atoms with Crippen molar-refractivity contribution in [3.63, 3.8) is 0 Å². The van der Waals surface area contributed by atoms with Crippen LogP contribution in [0.3, 0.4) is 0 Å². The molecule has 0 amide bonds. The number of hydrogen-bond acceptors (Lipinski definition) is 2. The van der Waals surface area contributed by atoms with Gasteiger partial charge in [-0.25, -0.2) is 0 Å². The highest BCUT2D eigenvalue weighted by Gasteiger charge is 2.51. The summed E-state index contributed by atoms with van der Waals surface area (Å²) < 4.78 is 6.39. The van der Waals surface area contributed by atoms with E-state index < -0.39 is 0 Å². The van der Waals surface area contributed by atoms with Crippen molar-refractivity contribution in [2.24, 2.45) is 11.3 Å². The molecule has 2 heteroatoms. The van der Waals surface area contributed by atoms with Crippen LogP contribution in [-0.4, -0.2) is 5.11 Å². The van der Waals surface area contributed by atoms with Gasteiger partial charge in [0.15, 0.2) is 0 Å². The highest BCUT2D eigenvalue weighted by molar-refractivity contribution is 5.86. The number of aromatic hydroxyl groups is 1. The topological polar surface area (TPSA) is 33.4 Å². The minimum atomic E-state index is 0.148. The van der Waals surface area contributed by atoms with Crippen molar-refractivity contribution < 1.29 is 9.52 Å². The molecule has 1 heterocycles. The summed E-state index contributed by atoms with van der Waals surface area (Å²) in [6, 6.07) is 3.97. The summed E-state index contributed by atoms with van der Waals surface area (Å²) in [4.78, 5) is 0. The van der Waals surface area contributed by atoms with Gasteiger partial charge in [0, 0.05) is 16.9 Å². The molecular formula is C22H30O2. The number of benzene rings is 1. The average molecular weight is 326 g/mol. The van der Waals surface area contributed by atoms with E-state index in [0.29, 0.717) is 23.0 Å². The largest absolute Gasteiger partial charge is 0.508 e. The van der Waals surface area contributed by atoms with Gasteiger partial charge in [0.05, 0.1) is 0 Å². The van der Waals surface area contributed by atoms with Gasteiger partial charge in [-0.2, -0.15) is 0 Å². The first kappa shape index (κ1) is 16.1. The Bertz CT molecular complexity index is 798. The SMILES string of the molecule is Cc1cc2oc3c(c2cc1O)C1(C)CCCC(C)(C)C1CCC3C. The molecule has 4 rings (SSSR count). The van der Waals surface area contributed by atoms with Gasteiger partial charge < -0.3 is 9.52 Å². The first-order valence-corrected chi connectivity index (χ1v) is 9.50. The zero-order valence-corrected chi connectivity index (χ0v) is 15.7. The molecule has 0 saturated heterocycles. The Balaban J connectivity index is 2.03. The number of phenolic OH excluding ortho intramolecular Hbond substituents is 1. The molecule has 24 heavy (non-hydrogen) atoms. The lowest BCUT2D eigenvalue weighted by Gasteiger charge is -2.50. The highest BCUT2D eigenvalue weighted by Crippen LogP contribution is 2.59. The quantitative estimate of drug-likeness (QED) is 0.605. The van der Waals surface area contributed by atoms with Crippen LogP contribution in [-0.2, 0) is 5.41 Å². The Hall–Kier alpha value is -1.44. The molecule has 2 aliphatic carbocycles. The predicted molar refractivity (Wildman–Crippen MR) is 98.7 cm³/mol. The van der Waals surface area contributed by atoms with Crippen molar-refractivity contribution in [2.45, 2.75) is 78.1 Å². The van der Waals surface area contributed by atoms with Gasteiger partial charge in [-0.1, -0.05) is 34.1 Å². The van der Waals surface area contributed by atoms with E-state index >= 15 is 0 Å². The molecule has 1 aromatic heterocycles. The van der Waals surface area contributed by atoms with Crippen molar-refractivity contribution in [3.8, 4) is 5.75 Å². The molecule has 3 unspecified atom stereocenters. The molecule has 0 bridgehead atoms. The Morgan fingerprint density at radius 3 is 2.62 bits per heavy atom. The fraction of sp³-hybridized carbons (Fsp3) is 0.636. The van der Waals surface area contributed by atoms with Gasteiger partial charge >= 0.3 is 0 Å². The van der Waals surface area contributed by atoms with E-state index in [1.54, 1.807) is 0 Å². The molecule has 2 aliphatic rings. The van der Waals surface area contributed by atoms with E-state index in [2.05, 4.69) is 27.7 Å². The highest BCUT2D eigenvalue weighted by atomic mass is 16.3. The first-order valence-electron chi connectivity index (χ1n) is 9.50. The summed E-state index contributed by atoms with van der Waals surface area (Å²) in [7, 11) is 0. The van der Waals surface area contributed by atoms with Crippen LogP contribution < -0.4 is 0 Å². The second-order valence-corrected chi connectivity index (χ2v) is 9.27. The maximum Gasteiger partial charge on any atom is 0.135 e. The summed E-state index contributed by atoms with van der Waals surface area (Å²) in [5.74, 6) is 2.69. The summed E-state index contributed by atoms with van der Waals surface area (Å²) in [5.41, 5.74) is 3.76. The number of rotatable bonds is 0. The van der Waals surface area contributed by atoms with Crippen LogP contribution in [0.5, 0.6) is 5.75 Å². The smallest absolute Gasteiger partial charge is 0.135 e. The second-order valence-electron chi connectivity index (χ2n) is 9.27. The third-order valence-corrected chi connectivity index (χ3v) is 7.17. The third kappa shape index (κ3) is 2.08. The lowest BCUT2D eigenvalue weighted by Crippen LogP contribution is -2.44. The normalized spacial score (nSPS) is 32.2. The molecule has 0 aliphatic heterocycles. The molecule has 1 aromatic carbocycles. The van der Waals surface area contributed by atoms with E-state index in [1.807, 2.05) is 19.1 Å². The number of aryl methyl sites for hydroxylation is 1. The van der Waals surface area contributed by atoms with Gasteiger partial charge in [-0.15, -0.1) is 0 Å². The Morgan fingerprint density at radius 2 is 1.88 bits per heavy atom. The van der Waals surface area contributed by atoms with Crippen LogP contribution in [0.25, 0.3) is 11.0 Å². The lowest BCUT2D eigenvalue weighted by atomic mass is 9.53. The fourth-order valence-electron chi connectivity index (χ4n) is 5.87. The van der Waals surface area contributed by atoms with Gasteiger partial charge in [0.1, 0.15) is 17.1 Å². The van der Waals surface area contributed by atoms with Crippen molar-refractivity contribution >= 4 is 11.0 Å². The van der Waals surface area contributed by atoms with Crippen LogP contribution in [0.4, 0.5) is 0 Å². The summed E-state index contributed by atoms with van der Waals surface area (Å²) in [6.07, 6.45) is 6.29. The minimum absolute atomic E-state index is 0.148. The van der Waals surface area contributed by atoms with Gasteiger partial charge in [-0.3, -0.25) is 0 Å². The Morgan fingerprint density at radius 1 is 1.12 bits per heavy atom. The van der Waals surface area contributed by atoms with Crippen molar-refractivity contribution in [2.75, 3.05) is 0 Å². The molecule has 1 saturated carbocycles. The summed E-state index contributed by atoms with van der Waals surface area (Å²) in [6.45, 7) is 11.6. The minimum Gasteiger partial charge on any atom is -0.508 e. The predicted octanol–water partition coefficient (Wildman–Crippen LogP) is 6.43. The molecule has 0 spiro atoms. The van der Waals surface area contributed by atoms with Crippen LogP contribution in [0.1, 0.15) is 82.6 Å². The van der Waals surface area contributed by atoms with Gasteiger partial charge in [0.2, 0.25) is 0 Å². The van der Waals surface area contributed by atoms with Crippen LogP contribution >= 0.6 is 0 Å². The standard InChI is InChI=1S/C22H30O2/c1-13-7-8-18-21(3,4)9-6-10-22(18,5)19-15-12-16(23)14(2)11-17(15)24-20(13)19/h11-13,18,23H,6-10H2,1-5H3. The maximum atomic E-state index is 10.3. The van der Waals surface area contributed by atoms with Crippen molar-refractivity contribution in [1.29, 1.82) is 0 Å². The van der Waals surface area contributed by atoms with Crippen LogP contribution in [0.15, 0.2) is 16.5 Å². The fourth-order valence-corrected chi connectivity index (χ4v) is 5.87. The number of fused-ring (bicyclic) bond motifs is 5. The monoisotopic (exact) mass is 326 g/mol. The molecular weight excluding hydrogens is 296 g/mol. The van der Waals surface area contributed by atoms with E-state index in [0.717, 1.165) is 16.5 Å². The number of phenols is 1. The van der Waals surface area contributed by atoms with E-state index in [4.69, 9.17) is 4.42 Å². The average Bonchev–Trinajstić information content (AvgIpc) is 2.80. The van der Waals surface area contributed by atoms with Crippen LogP contribution in [0.2, 0.25) is 0 Å². The van der Waals surface area contributed by atoms with E-state index in [-0.39, 0.29) is 5.41 Å². The first-order chi connectivity index (χ1) is 11.2. The van der Waals surface area contributed by atoms with Crippen molar-refractivity contribution in [3.05, 3.63) is 29.0 Å². The van der Waals surface area contributed by atoms with E-state index in [9.17, 15) is 5.11 Å². The van der Waals surface area contributed by atoms with Crippen molar-refractivity contribution in [1.82, 2.24) is 0 Å². The van der Waals surface area contributed by atoms with Crippen LogP contribution in [0, 0.1) is 18.3 Å². The molecule has 2 nitrogen and oxygen atoms in total. The maximum absolute atomic E-state index is 10.3. The van der Waals surface area contributed by atoms with E-state index in [1.165, 1.54) is 43.4 Å². The summed E-state index contributed by atoms with van der Waals surface area (Å²) >= 11 is 0. The molecule has 0 radical (unpaired) electrons. The van der Waals surface area contributed by atoms with Gasteiger partial charge in [0.25, 0.3) is 0 Å². The molecule has 1 N–H and O–H groups in total. The zero-order chi connectivity index (χ0) is 17.3.